The largest absolute Gasteiger partial charge is 0.329 e. The molecule has 0 spiro atoms. The average molecular weight is 128 g/mol. The standard InChI is InChI=1S/C7H16N2/c1-3-6(2)4-7(6,9)5-8/h3-5,8-9H2,1-2H3/t6-,7+/m1/s1. The average Bonchev–Trinajstić information content (AvgIpc) is 2.39. The fourth-order valence-electron chi connectivity index (χ4n) is 1.45. The Morgan fingerprint density at radius 2 is 2.11 bits per heavy atom. The van der Waals surface area contributed by atoms with Crippen molar-refractivity contribution < 1.29 is 0 Å². The minimum atomic E-state index is -0.0260. The van der Waals surface area contributed by atoms with E-state index in [1.807, 2.05) is 0 Å². The molecule has 0 unspecified atom stereocenters. The molecule has 1 rings (SSSR count). The van der Waals surface area contributed by atoms with E-state index in [2.05, 4.69) is 13.8 Å². The molecule has 0 aromatic carbocycles. The normalized spacial score (nSPS) is 49.3. The van der Waals surface area contributed by atoms with Crippen molar-refractivity contribution in [2.45, 2.75) is 32.2 Å². The maximum absolute atomic E-state index is 5.91. The molecule has 0 aromatic heterocycles. The molecule has 1 fully saturated rings. The number of hydrogen-bond acceptors (Lipinski definition) is 2. The first kappa shape index (κ1) is 7.03. The summed E-state index contributed by atoms with van der Waals surface area (Å²) < 4.78 is 0. The Bertz CT molecular complexity index is 110. The van der Waals surface area contributed by atoms with Gasteiger partial charge in [0.1, 0.15) is 0 Å². The van der Waals surface area contributed by atoms with Crippen LogP contribution in [0.15, 0.2) is 0 Å². The summed E-state index contributed by atoms with van der Waals surface area (Å²) in [6, 6.07) is 0. The molecule has 1 aliphatic rings. The Balaban J connectivity index is 2.54. The second-order valence-corrected chi connectivity index (χ2v) is 3.45. The zero-order valence-electron chi connectivity index (χ0n) is 6.28. The molecule has 4 N–H and O–H groups in total. The molecule has 9 heavy (non-hydrogen) atoms. The van der Waals surface area contributed by atoms with Crippen molar-refractivity contribution in [2.75, 3.05) is 6.54 Å². The number of hydrogen-bond donors (Lipinski definition) is 2. The summed E-state index contributed by atoms with van der Waals surface area (Å²) in [5, 5.41) is 0. The van der Waals surface area contributed by atoms with Gasteiger partial charge in [0.05, 0.1) is 0 Å². The molecule has 1 saturated carbocycles. The van der Waals surface area contributed by atoms with Gasteiger partial charge < -0.3 is 11.5 Å². The van der Waals surface area contributed by atoms with E-state index in [-0.39, 0.29) is 5.54 Å². The fraction of sp³-hybridized carbons (Fsp3) is 1.00. The van der Waals surface area contributed by atoms with Crippen molar-refractivity contribution in [3.63, 3.8) is 0 Å². The Kier molecular flexibility index (Phi) is 1.33. The van der Waals surface area contributed by atoms with Crippen LogP contribution < -0.4 is 11.5 Å². The second kappa shape index (κ2) is 1.70. The number of nitrogens with two attached hydrogens (primary N) is 2. The molecule has 0 amide bonds. The second-order valence-electron chi connectivity index (χ2n) is 3.45. The van der Waals surface area contributed by atoms with Crippen LogP contribution in [0.3, 0.4) is 0 Å². The topological polar surface area (TPSA) is 52.0 Å². The first-order valence-electron chi connectivity index (χ1n) is 3.57. The van der Waals surface area contributed by atoms with Crippen molar-refractivity contribution in [2.24, 2.45) is 16.9 Å². The van der Waals surface area contributed by atoms with Crippen molar-refractivity contribution in [1.82, 2.24) is 0 Å². The van der Waals surface area contributed by atoms with Crippen LogP contribution in [0.1, 0.15) is 26.7 Å². The SMILES string of the molecule is CC[C@]1(C)C[C@]1(N)CN. The van der Waals surface area contributed by atoms with Gasteiger partial charge in [-0.2, -0.15) is 0 Å². The molecule has 2 heteroatoms. The first-order valence-corrected chi connectivity index (χ1v) is 3.57. The molecule has 0 radical (unpaired) electrons. The molecule has 0 aromatic rings. The van der Waals surface area contributed by atoms with Crippen molar-refractivity contribution >= 4 is 0 Å². The first-order chi connectivity index (χ1) is 4.08. The molecule has 0 heterocycles. The van der Waals surface area contributed by atoms with E-state index in [4.69, 9.17) is 11.5 Å². The monoisotopic (exact) mass is 128 g/mol. The molecular weight excluding hydrogens is 112 g/mol. The van der Waals surface area contributed by atoms with Gasteiger partial charge in [-0.05, 0) is 18.3 Å². The molecule has 2 nitrogen and oxygen atoms in total. The van der Waals surface area contributed by atoms with Gasteiger partial charge in [-0.15, -0.1) is 0 Å². The van der Waals surface area contributed by atoms with E-state index >= 15 is 0 Å². The molecule has 0 saturated heterocycles. The molecule has 2 atom stereocenters. The highest BCUT2D eigenvalue weighted by Crippen LogP contribution is 2.55. The van der Waals surface area contributed by atoms with Crippen molar-refractivity contribution in [3.8, 4) is 0 Å². The summed E-state index contributed by atoms with van der Waals surface area (Å²) in [5.74, 6) is 0. The summed E-state index contributed by atoms with van der Waals surface area (Å²) in [4.78, 5) is 0. The van der Waals surface area contributed by atoms with Gasteiger partial charge in [0.25, 0.3) is 0 Å². The zero-order valence-corrected chi connectivity index (χ0v) is 6.28. The lowest BCUT2D eigenvalue weighted by molar-refractivity contribution is 0.443. The van der Waals surface area contributed by atoms with Gasteiger partial charge in [0, 0.05) is 12.1 Å². The van der Waals surface area contributed by atoms with Gasteiger partial charge in [-0.1, -0.05) is 13.8 Å². The highest BCUT2D eigenvalue weighted by molar-refractivity contribution is 5.17. The van der Waals surface area contributed by atoms with Crippen LogP contribution in [0, 0.1) is 5.41 Å². The van der Waals surface area contributed by atoms with E-state index in [1.54, 1.807) is 0 Å². The smallest absolute Gasteiger partial charge is 0.0339 e. The van der Waals surface area contributed by atoms with Crippen molar-refractivity contribution in [1.29, 1.82) is 0 Å². The summed E-state index contributed by atoms with van der Waals surface area (Å²) in [6.45, 7) is 5.02. The van der Waals surface area contributed by atoms with E-state index in [1.165, 1.54) is 0 Å². The van der Waals surface area contributed by atoms with Crippen molar-refractivity contribution in [3.05, 3.63) is 0 Å². The summed E-state index contributed by atoms with van der Waals surface area (Å²) >= 11 is 0. The van der Waals surface area contributed by atoms with E-state index in [9.17, 15) is 0 Å². The summed E-state index contributed by atoms with van der Waals surface area (Å²) in [6.07, 6.45) is 2.26. The Labute approximate surface area is 56.6 Å². The van der Waals surface area contributed by atoms with E-state index in [0.717, 1.165) is 12.8 Å². The minimum absolute atomic E-state index is 0.0260. The maximum atomic E-state index is 5.91. The minimum Gasteiger partial charge on any atom is -0.329 e. The van der Waals surface area contributed by atoms with Crippen LogP contribution in [-0.4, -0.2) is 12.1 Å². The van der Waals surface area contributed by atoms with Crippen LogP contribution in [-0.2, 0) is 0 Å². The van der Waals surface area contributed by atoms with Crippen LogP contribution in [0.4, 0.5) is 0 Å². The third-order valence-electron chi connectivity index (χ3n) is 2.93. The lowest BCUT2D eigenvalue weighted by atomic mass is 10.00. The van der Waals surface area contributed by atoms with E-state index in [0.29, 0.717) is 12.0 Å². The Hall–Kier alpha value is -0.0800. The van der Waals surface area contributed by atoms with Crippen LogP contribution in [0.5, 0.6) is 0 Å². The Morgan fingerprint density at radius 3 is 2.22 bits per heavy atom. The van der Waals surface area contributed by atoms with Gasteiger partial charge in [0.15, 0.2) is 0 Å². The molecular formula is C7H16N2. The van der Waals surface area contributed by atoms with Crippen LogP contribution in [0.25, 0.3) is 0 Å². The molecule has 0 bridgehead atoms. The lowest BCUT2D eigenvalue weighted by Gasteiger charge is -2.13. The highest BCUT2D eigenvalue weighted by Gasteiger charge is 2.59. The molecule has 0 aliphatic heterocycles. The lowest BCUT2D eigenvalue weighted by Crippen LogP contribution is -2.37. The van der Waals surface area contributed by atoms with E-state index < -0.39 is 0 Å². The maximum Gasteiger partial charge on any atom is 0.0339 e. The van der Waals surface area contributed by atoms with Gasteiger partial charge in [0.2, 0.25) is 0 Å². The van der Waals surface area contributed by atoms with Gasteiger partial charge in [-0.3, -0.25) is 0 Å². The van der Waals surface area contributed by atoms with Gasteiger partial charge in [-0.25, -0.2) is 0 Å². The van der Waals surface area contributed by atoms with Gasteiger partial charge >= 0.3 is 0 Å². The highest BCUT2D eigenvalue weighted by atomic mass is 14.9. The predicted molar refractivity (Wildman–Crippen MR) is 39.0 cm³/mol. The fourth-order valence-corrected chi connectivity index (χ4v) is 1.45. The quantitative estimate of drug-likeness (QED) is 0.567. The predicted octanol–water partition coefficient (Wildman–Crippen LogP) is 0.463. The summed E-state index contributed by atoms with van der Waals surface area (Å²) in [7, 11) is 0. The zero-order chi connectivity index (χ0) is 7.12. The van der Waals surface area contributed by atoms with Crippen LogP contribution in [0.2, 0.25) is 0 Å². The Morgan fingerprint density at radius 1 is 1.56 bits per heavy atom. The van der Waals surface area contributed by atoms with Crippen LogP contribution >= 0.6 is 0 Å². The summed E-state index contributed by atoms with van der Waals surface area (Å²) in [5.41, 5.74) is 11.7. The third-order valence-corrected chi connectivity index (χ3v) is 2.93. The number of rotatable bonds is 2. The molecule has 1 aliphatic carbocycles. The molecule has 54 valence electrons. The third kappa shape index (κ3) is 0.775.